The lowest BCUT2D eigenvalue weighted by atomic mass is 10.2. The van der Waals surface area contributed by atoms with Crippen molar-refractivity contribution >= 4 is 10.9 Å². The maximum atomic E-state index is 5.72. The summed E-state index contributed by atoms with van der Waals surface area (Å²) in [5.41, 5.74) is 1.12. The van der Waals surface area contributed by atoms with Gasteiger partial charge in [-0.05, 0) is 12.1 Å². The van der Waals surface area contributed by atoms with Crippen molar-refractivity contribution in [2.45, 2.75) is 19.9 Å². The first kappa shape index (κ1) is 11.0. The predicted octanol–water partition coefficient (Wildman–Crippen LogP) is 2.54. The number of benzene rings is 1. The second-order valence-corrected chi connectivity index (χ2v) is 4.16. The Morgan fingerprint density at radius 1 is 1.31 bits per heavy atom. The fourth-order valence-corrected chi connectivity index (χ4v) is 1.67. The van der Waals surface area contributed by atoms with Gasteiger partial charge in [-0.2, -0.15) is 0 Å². The molecule has 0 amide bonds. The van der Waals surface area contributed by atoms with Crippen molar-refractivity contribution in [3.63, 3.8) is 0 Å². The van der Waals surface area contributed by atoms with Crippen LogP contribution in [0.2, 0.25) is 0 Å². The standard InChI is InChI=1S/C13H18N2O/c1-10(2)14-7-8-16-13-9-15-12-6-4-3-5-11(12)13/h3-6,9-10,14-15H,7-8H2,1-2H3. The highest BCUT2D eigenvalue weighted by Gasteiger charge is 2.02. The van der Waals surface area contributed by atoms with E-state index < -0.39 is 0 Å². The number of nitrogens with one attached hydrogen (secondary N) is 2. The van der Waals surface area contributed by atoms with E-state index in [1.165, 1.54) is 0 Å². The van der Waals surface area contributed by atoms with Crippen LogP contribution in [-0.4, -0.2) is 24.2 Å². The molecule has 1 aromatic heterocycles. The molecular formula is C13H18N2O. The largest absolute Gasteiger partial charge is 0.490 e. The van der Waals surface area contributed by atoms with Crippen molar-refractivity contribution in [3.8, 4) is 5.75 Å². The molecule has 86 valence electrons. The van der Waals surface area contributed by atoms with Gasteiger partial charge in [-0.3, -0.25) is 0 Å². The van der Waals surface area contributed by atoms with E-state index in [9.17, 15) is 0 Å². The molecule has 0 bridgehead atoms. The van der Waals surface area contributed by atoms with E-state index in [0.717, 1.165) is 23.2 Å². The summed E-state index contributed by atoms with van der Waals surface area (Å²) >= 11 is 0. The predicted molar refractivity (Wildman–Crippen MR) is 66.9 cm³/mol. The van der Waals surface area contributed by atoms with E-state index in [2.05, 4.69) is 36.3 Å². The van der Waals surface area contributed by atoms with Crippen LogP contribution in [0.15, 0.2) is 30.5 Å². The summed E-state index contributed by atoms with van der Waals surface area (Å²) in [6.07, 6.45) is 1.92. The molecule has 0 fully saturated rings. The SMILES string of the molecule is CC(C)NCCOc1c[nH]c2ccccc12. The maximum Gasteiger partial charge on any atom is 0.144 e. The smallest absolute Gasteiger partial charge is 0.144 e. The van der Waals surface area contributed by atoms with E-state index in [0.29, 0.717) is 12.6 Å². The molecule has 2 aromatic rings. The van der Waals surface area contributed by atoms with Gasteiger partial charge in [-0.15, -0.1) is 0 Å². The molecule has 3 heteroatoms. The highest BCUT2D eigenvalue weighted by Crippen LogP contribution is 2.24. The lowest BCUT2D eigenvalue weighted by Crippen LogP contribution is -2.27. The van der Waals surface area contributed by atoms with Crippen molar-refractivity contribution in [2.24, 2.45) is 0 Å². The molecule has 0 aliphatic rings. The molecule has 1 aromatic carbocycles. The molecule has 3 nitrogen and oxygen atoms in total. The third kappa shape index (κ3) is 2.55. The first-order valence-electron chi connectivity index (χ1n) is 5.69. The summed E-state index contributed by atoms with van der Waals surface area (Å²) in [4.78, 5) is 3.19. The Balaban J connectivity index is 1.94. The number of rotatable bonds is 5. The van der Waals surface area contributed by atoms with E-state index in [1.807, 2.05) is 18.3 Å². The Labute approximate surface area is 95.8 Å². The Hall–Kier alpha value is -1.48. The van der Waals surface area contributed by atoms with Crippen molar-refractivity contribution in [2.75, 3.05) is 13.2 Å². The molecule has 0 radical (unpaired) electrons. The molecule has 2 N–H and O–H groups in total. The minimum Gasteiger partial charge on any atom is -0.490 e. The van der Waals surface area contributed by atoms with Crippen molar-refractivity contribution in [1.29, 1.82) is 0 Å². The number of aromatic amines is 1. The van der Waals surface area contributed by atoms with Crippen molar-refractivity contribution < 1.29 is 4.74 Å². The zero-order chi connectivity index (χ0) is 11.4. The fraction of sp³-hybridized carbons (Fsp3) is 0.385. The molecule has 0 aliphatic heterocycles. The summed E-state index contributed by atoms with van der Waals surface area (Å²) < 4.78 is 5.72. The first-order chi connectivity index (χ1) is 7.77. The molecule has 0 saturated carbocycles. The average molecular weight is 218 g/mol. The second-order valence-electron chi connectivity index (χ2n) is 4.16. The van der Waals surface area contributed by atoms with Gasteiger partial charge >= 0.3 is 0 Å². The van der Waals surface area contributed by atoms with Gasteiger partial charge in [-0.25, -0.2) is 0 Å². The van der Waals surface area contributed by atoms with Crippen molar-refractivity contribution in [1.82, 2.24) is 10.3 Å². The fourth-order valence-electron chi connectivity index (χ4n) is 1.67. The Kier molecular flexibility index (Phi) is 3.47. The van der Waals surface area contributed by atoms with Crippen LogP contribution in [0, 0.1) is 0 Å². The summed E-state index contributed by atoms with van der Waals surface area (Å²) in [6, 6.07) is 8.66. The summed E-state index contributed by atoms with van der Waals surface area (Å²) in [6.45, 7) is 5.83. The summed E-state index contributed by atoms with van der Waals surface area (Å²) in [7, 11) is 0. The van der Waals surface area contributed by atoms with Gasteiger partial charge in [0.15, 0.2) is 0 Å². The molecule has 2 rings (SSSR count). The third-order valence-corrected chi connectivity index (χ3v) is 2.46. The van der Waals surface area contributed by atoms with Crippen LogP contribution in [0.1, 0.15) is 13.8 Å². The van der Waals surface area contributed by atoms with Gasteiger partial charge in [0.2, 0.25) is 0 Å². The Morgan fingerprint density at radius 2 is 2.12 bits per heavy atom. The third-order valence-electron chi connectivity index (χ3n) is 2.46. The number of fused-ring (bicyclic) bond motifs is 1. The molecule has 1 heterocycles. The zero-order valence-electron chi connectivity index (χ0n) is 9.79. The van der Waals surface area contributed by atoms with Gasteiger partial charge in [0.1, 0.15) is 12.4 Å². The van der Waals surface area contributed by atoms with Crippen LogP contribution in [0.5, 0.6) is 5.75 Å². The minimum atomic E-state index is 0.506. The van der Waals surface area contributed by atoms with Gasteiger partial charge in [0, 0.05) is 29.7 Å². The summed E-state index contributed by atoms with van der Waals surface area (Å²) in [5.74, 6) is 0.932. The van der Waals surface area contributed by atoms with E-state index in [1.54, 1.807) is 0 Å². The Morgan fingerprint density at radius 3 is 2.94 bits per heavy atom. The monoisotopic (exact) mass is 218 g/mol. The lowest BCUT2D eigenvalue weighted by molar-refractivity contribution is 0.312. The number of hydrogen-bond acceptors (Lipinski definition) is 2. The second kappa shape index (κ2) is 5.03. The molecular weight excluding hydrogens is 200 g/mol. The maximum absolute atomic E-state index is 5.72. The number of hydrogen-bond donors (Lipinski definition) is 2. The molecule has 0 spiro atoms. The van der Waals surface area contributed by atoms with Crippen LogP contribution in [0.4, 0.5) is 0 Å². The van der Waals surface area contributed by atoms with Gasteiger partial charge in [-0.1, -0.05) is 26.0 Å². The summed E-state index contributed by atoms with van der Waals surface area (Å²) in [5, 5.41) is 4.47. The first-order valence-corrected chi connectivity index (χ1v) is 5.69. The van der Waals surface area contributed by atoms with Gasteiger partial charge in [0.25, 0.3) is 0 Å². The van der Waals surface area contributed by atoms with Crippen LogP contribution < -0.4 is 10.1 Å². The quantitative estimate of drug-likeness (QED) is 0.757. The lowest BCUT2D eigenvalue weighted by Gasteiger charge is -2.08. The molecule has 0 aliphatic carbocycles. The highest BCUT2D eigenvalue weighted by atomic mass is 16.5. The van der Waals surface area contributed by atoms with Gasteiger partial charge < -0.3 is 15.0 Å². The number of H-pyrrole nitrogens is 1. The van der Waals surface area contributed by atoms with Crippen molar-refractivity contribution in [3.05, 3.63) is 30.5 Å². The topological polar surface area (TPSA) is 37.0 Å². The van der Waals surface area contributed by atoms with E-state index >= 15 is 0 Å². The minimum absolute atomic E-state index is 0.506. The number of para-hydroxylation sites is 1. The Bertz CT molecular complexity index is 448. The average Bonchev–Trinajstić information content (AvgIpc) is 2.68. The van der Waals surface area contributed by atoms with Crippen LogP contribution in [-0.2, 0) is 0 Å². The molecule has 0 unspecified atom stereocenters. The molecule has 0 atom stereocenters. The van der Waals surface area contributed by atoms with Gasteiger partial charge in [0.05, 0.1) is 0 Å². The van der Waals surface area contributed by atoms with Crippen LogP contribution in [0.25, 0.3) is 10.9 Å². The number of aromatic nitrogens is 1. The van der Waals surface area contributed by atoms with E-state index in [4.69, 9.17) is 4.74 Å². The van der Waals surface area contributed by atoms with E-state index in [-0.39, 0.29) is 0 Å². The molecule has 0 saturated heterocycles. The number of ether oxygens (including phenoxy) is 1. The highest BCUT2D eigenvalue weighted by molar-refractivity contribution is 5.85. The zero-order valence-corrected chi connectivity index (χ0v) is 9.79. The van der Waals surface area contributed by atoms with Crippen LogP contribution in [0.3, 0.4) is 0 Å². The normalized spacial score (nSPS) is 11.2. The van der Waals surface area contributed by atoms with Crippen LogP contribution >= 0.6 is 0 Å². The molecule has 16 heavy (non-hydrogen) atoms.